The molecule has 0 saturated carbocycles. The lowest BCUT2D eigenvalue weighted by atomic mass is 10.1. The fourth-order valence-electron chi connectivity index (χ4n) is 2.45. The van der Waals surface area contributed by atoms with Crippen molar-refractivity contribution in [2.75, 3.05) is 6.54 Å². The minimum atomic E-state index is -0.412. The Labute approximate surface area is 121 Å². The average Bonchev–Trinajstić information content (AvgIpc) is 2.88. The molecule has 106 valence electrons. The summed E-state index contributed by atoms with van der Waals surface area (Å²) in [6, 6.07) is 5.20. The van der Waals surface area contributed by atoms with Gasteiger partial charge in [0.25, 0.3) is 0 Å². The van der Waals surface area contributed by atoms with E-state index in [0.29, 0.717) is 19.4 Å². The third-order valence-corrected chi connectivity index (χ3v) is 3.46. The maximum Gasteiger partial charge on any atom is 0.249 e. The van der Waals surface area contributed by atoms with Gasteiger partial charge in [-0.1, -0.05) is 11.8 Å². The van der Waals surface area contributed by atoms with Crippen molar-refractivity contribution in [1.29, 1.82) is 0 Å². The molecular formula is C15H14N4O2. The Morgan fingerprint density at radius 3 is 3.05 bits per heavy atom. The highest BCUT2D eigenvalue weighted by atomic mass is 16.2. The van der Waals surface area contributed by atoms with E-state index >= 15 is 0 Å². The maximum atomic E-state index is 12.0. The van der Waals surface area contributed by atoms with Crippen LogP contribution in [0.15, 0.2) is 24.5 Å². The molecule has 1 saturated heterocycles. The number of amides is 2. The fourth-order valence-corrected chi connectivity index (χ4v) is 2.45. The monoisotopic (exact) mass is 282 g/mol. The highest BCUT2D eigenvalue weighted by molar-refractivity contribution is 6.00. The summed E-state index contributed by atoms with van der Waals surface area (Å²) in [5.41, 5.74) is 7.81. The standard InChI is InChI=1S/C15H14N4O2/c16-7-1-2-10-3-4-11-13(8-10)19(9-17-11)12-5-6-14(20)18-15(12)21/h3-4,8-9,12H,5-7,16H2,(H,18,20,21). The Kier molecular flexibility index (Phi) is 3.42. The summed E-state index contributed by atoms with van der Waals surface area (Å²) < 4.78 is 1.80. The third-order valence-electron chi connectivity index (χ3n) is 3.46. The van der Waals surface area contributed by atoms with E-state index in [1.165, 1.54) is 0 Å². The highest BCUT2D eigenvalue weighted by Crippen LogP contribution is 2.24. The number of fused-ring (bicyclic) bond motifs is 1. The molecule has 3 N–H and O–H groups in total. The first kappa shape index (κ1) is 13.3. The predicted octanol–water partition coefficient (Wildman–Crippen LogP) is 0.324. The molecule has 1 unspecified atom stereocenters. The summed E-state index contributed by atoms with van der Waals surface area (Å²) >= 11 is 0. The Balaban J connectivity index is 2.02. The summed E-state index contributed by atoms with van der Waals surface area (Å²) in [6.07, 6.45) is 2.45. The van der Waals surface area contributed by atoms with Gasteiger partial charge in [-0.2, -0.15) is 0 Å². The zero-order valence-corrected chi connectivity index (χ0v) is 11.3. The third kappa shape index (κ3) is 2.51. The number of rotatable bonds is 1. The van der Waals surface area contributed by atoms with Crippen LogP contribution in [0.2, 0.25) is 0 Å². The zero-order valence-electron chi connectivity index (χ0n) is 11.3. The van der Waals surface area contributed by atoms with Crippen LogP contribution in [0.1, 0.15) is 24.4 Å². The average molecular weight is 282 g/mol. The SMILES string of the molecule is NCC#Cc1ccc2ncn(C3CCC(=O)NC3=O)c2c1. The molecule has 1 aromatic carbocycles. The van der Waals surface area contributed by atoms with Crippen molar-refractivity contribution in [3.8, 4) is 11.8 Å². The first-order valence-corrected chi connectivity index (χ1v) is 6.68. The summed E-state index contributed by atoms with van der Waals surface area (Å²) in [5.74, 6) is 5.25. The molecule has 2 heterocycles. The van der Waals surface area contributed by atoms with Gasteiger partial charge in [0.15, 0.2) is 0 Å². The molecule has 1 atom stereocenters. The molecule has 0 spiro atoms. The lowest BCUT2D eigenvalue weighted by molar-refractivity contribution is -0.135. The molecule has 1 aromatic heterocycles. The number of nitrogens with zero attached hydrogens (tertiary/aromatic N) is 2. The van der Waals surface area contributed by atoms with E-state index in [9.17, 15) is 9.59 Å². The molecule has 1 aliphatic heterocycles. The maximum absolute atomic E-state index is 12.0. The van der Waals surface area contributed by atoms with Crippen LogP contribution in [0, 0.1) is 11.8 Å². The quantitative estimate of drug-likeness (QED) is 0.582. The van der Waals surface area contributed by atoms with Gasteiger partial charge in [-0.3, -0.25) is 14.9 Å². The number of hydrogen-bond acceptors (Lipinski definition) is 4. The van der Waals surface area contributed by atoms with Crippen molar-refractivity contribution in [1.82, 2.24) is 14.9 Å². The van der Waals surface area contributed by atoms with Crippen LogP contribution in [0.5, 0.6) is 0 Å². The van der Waals surface area contributed by atoms with E-state index in [4.69, 9.17) is 5.73 Å². The van der Waals surface area contributed by atoms with Crippen LogP contribution in [-0.2, 0) is 9.59 Å². The number of hydrogen-bond donors (Lipinski definition) is 2. The van der Waals surface area contributed by atoms with Crippen molar-refractivity contribution in [3.05, 3.63) is 30.1 Å². The van der Waals surface area contributed by atoms with E-state index in [1.54, 1.807) is 10.9 Å². The smallest absolute Gasteiger partial charge is 0.249 e. The first-order chi connectivity index (χ1) is 10.2. The summed E-state index contributed by atoms with van der Waals surface area (Å²) in [7, 11) is 0. The molecule has 2 aromatic rings. The number of carbonyl (C=O) groups excluding carboxylic acids is 2. The second-order valence-electron chi connectivity index (χ2n) is 4.83. The molecule has 21 heavy (non-hydrogen) atoms. The highest BCUT2D eigenvalue weighted by Gasteiger charge is 2.28. The number of imidazole rings is 1. The second kappa shape index (κ2) is 5.38. The Bertz CT molecular complexity index is 782. The first-order valence-electron chi connectivity index (χ1n) is 6.68. The van der Waals surface area contributed by atoms with Gasteiger partial charge in [-0.25, -0.2) is 4.98 Å². The summed E-state index contributed by atoms with van der Waals surface area (Å²) in [6.45, 7) is 0.296. The van der Waals surface area contributed by atoms with Crippen LogP contribution in [0.25, 0.3) is 11.0 Å². The topological polar surface area (TPSA) is 90.0 Å². The number of nitrogens with two attached hydrogens (primary N) is 1. The molecule has 1 aliphatic rings. The number of benzene rings is 1. The Hall–Kier alpha value is -2.65. The van der Waals surface area contributed by atoms with Crippen LogP contribution >= 0.6 is 0 Å². The fraction of sp³-hybridized carbons (Fsp3) is 0.267. The van der Waals surface area contributed by atoms with Crippen LogP contribution in [0.3, 0.4) is 0 Å². The Morgan fingerprint density at radius 2 is 2.29 bits per heavy atom. The van der Waals surface area contributed by atoms with E-state index < -0.39 is 6.04 Å². The number of piperidine rings is 1. The molecule has 0 aliphatic carbocycles. The normalized spacial score (nSPS) is 18.2. The molecule has 0 radical (unpaired) electrons. The largest absolute Gasteiger partial charge is 0.320 e. The van der Waals surface area contributed by atoms with Crippen molar-refractivity contribution in [2.24, 2.45) is 5.73 Å². The van der Waals surface area contributed by atoms with Gasteiger partial charge in [-0.15, -0.1) is 0 Å². The van der Waals surface area contributed by atoms with Gasteiger partial charge in [-0.05, 0) is 24.6 Å². The molecule has 0 bridgehead atoms. The van der Waals surface area contributed by atoms with Crippen molar-refractivity contribution >= 4 is 22.8 Å². The molecule has 2 amide bonds. The summed E-state index contributed by atoms with van der Waals surface area (Å²) in [5, 5.41) is 2.36. The molecule has 6 heteroatoms. The van der Waals surface area contributed by atoms with Gasteiger partial charge >= 0.3 is 0 Å². The number of nitrogens with one attached hydrogen (secondary N) is 1. The summed E-state index contributed by atoms with van der Waals surface area (Å²) in [4.78, 5) is 27.5. The van der Waals surface area contributed by atoms with Gasteiger partial charge in [0.05, 0.1) is 23.9 Å². The van der Waals surface area contributed by atoms with Crippen molar-refractivity contribution in [2.45, 2.75) is 18.9 Å². The number of aromatic nitrogens is 2. The van der Waals surface area contributed by atoms with Crippen LogP contribution in [0.4, 0.5) is 0 Å². The van der Waals surface area contributed by atoms with Crippen LogP contribution in [-0.4, -0.2) is 27.9 Å². The van der Waals surface area contributed by atoms with Gasteiger partial charge in [0, 0.05) is 12.0 Å². The molecule has 6 nitrogen and oxygen atoms in total. The van der Waals surface area contributed by atoms with Crippen LogP contribution < -0.4 is 11.1 Å². The zero-order chi connectivity index (χ0) is 14.8. The van der Waals surface area contributed by atoms with Crippen molar-refractivity contribution < 1.29 is 9.59 Å². The van der Waals surface area contributed by atoms with E-state index in [1.807, 2.05) is 18.2 Å². The van der Waals surface area contributed by atoms with E-state index in [0.717, 1.165) is 16.6 Å². The van der Waals surface area contributed by atoms with Gasteiger partial charge < -0.3 is 10.3 Å². The number of carbonyl (C=O) groups is 2. The van der Waals surface area contributed by atoms with E-state index in [2.05, 4.69) is 22.1 Å². The predicted molar refractivity (Wildman–Crippen MR) is 77.1 cm³/mol. The minimum absolute atomic E-state index is 0.227. The second-order valence-corrected chi connectivity index (χ2v) is 4.83. The van der Waals surface area contributed by atoms with Gasteiger partial charge in [0.1, 0.15) is 6.04 Å². The molecule has 1 fully saturated rings. The number of imide groups is 1. The lowest BCUT2D eigenvalue weighted by Crippen LogP contribution is -2.41. The lowest BCUT2D eigenvalue weighted by Gasteiger charge is -2.22. The van der Waals surface area contributed by atoms with Crippen molar-refractivity contribution in [3.63, 3.8) is 0 Å². The Morgan fingerprint density at radius 1 is 1.43 bits per heavy atom. The minimum Gasteiger partial charge on any atom is -0.320 e. The van der Waals surface area contributed by atoms with Gasteiger partial charge in [0.2, 0.25) is 11.8 Å². The van der Waals surface area contributed by atoms with E-state index in [-0.39, 0.29) is 11.8 Å². The molecule has 3 rings (SSSR count). The molecular weight excluding hydrogens is 268 g/mol.